The van der Waals surface area contributed by atoms with E-state index in [1.165, 1.54) is 31.2 Å². The summed E-state index contributed by atoms with van der Waals surface area (Å²) in [6, 6.07) is 4.95. The van der Waals surface area contributed by atoms with E-state index in [1.54, 1.807) is 36.0 Å². The van der Waals surface area contributed by atoms with Crippen LogP contribution in [0.5, 0.6) is 0 Å². The van der Waals surface area contributed by atoms with Crippen molar-refractivity contribution in [2.45, 2.75) is 70.1 Å². The third-order valence-electron chi connectivity index (χ3n) is 7.38. The number of hydrogen-bond donors (Lipinski definition) is 0. The van der Waals surface area contributed by atoms with E-state index in [2.05, 4.69) is 38.1 Å². The summed E-state index contributed by atoms with van der Waals surface area (Å²) in [6.07, 6.45) is 15.2. The molecule has 0 amide bonds. The summed E-state index contributed by atoms with van der Waals surface area (Å²) in [5, 5.41) is 0. The summed E-state index contributed by atoms with van der Waals surface area (Å²) in [6.45, 7) is 4.73. The molecule has 0 saturated heterocycles. The van der Waals surface area contributed by atoms with Crippen LogP contribution in [0, 0.1) is 24.7 Å². The van der Waals surface area contributed by atoms with Gasteiger partial charge >= 0.3 is 0 Å². The fraction of sp³-hybridized carbons (Fsp3) is 0.636. The predicted molar refractivity (Wildman–Crippen MR) is 93.1 cm³/mol. The van der Waals surface area contributed by atoms with Crippen molar-refractivity contribution in [1.29, 1.82) is 0 Å². The second kappa shape index (κ2) is 4.49. The molecule has 4 saturated carbocycles. The quantitative estimate of drug-likeness (QED) is 0.597. The van der Waals surface area contributed by atoms with Crippen LogP contribution in [0.2, 0.25) is 0 Å². The third kappa shape index (κ3) is 1.76. The molecule has 0 N–H and O–H groups in total. The molecule has 4 fully saturated rings. The first-order chi connectivity index (χ1) is 10.6. The number of fused-ring (bicyclic) bond motifs is 1. The van der Waals surface area contributed by atoms with E-state index in [0.717, 1.165) is 17.8 Å². The van der Waals surface area contributed by atoms with E-state index in [9.17, 15) is 0 Å². The highest BCUT2D eigenvalue weighted by molar-refractivity contribution is 5.65. The van der Waals surface area contributed by atoms with Crippen LogP contribution < -0.4 is 0 Å². The molecule has 0 spiro atoms. The van der Waals surface area contributed by atoms with Gasteiger partial charge in [0.2, 0.25) is 0 Å². The minimum absolute atomic E-state index is 0.536. The number of allylic oxidation sites excluding steroid dienone is 1. The lowest BCUT2D eigenvalue weighted by atomic mass is 9.47. The van der Waals surface area contributed by atoms with Crippen LogP contribution in [0.4, 0.5) is 0 Å². The third-order valence-corrected chi connectivity index (χ3v) is 7.38. The minimum atomic E-state index is 0.536. The average Bonchev–Trinajstić information content (AvgIpc) is 2.46. The Bertz CT molecular complexity index is 613. The van der Waals surface area contributed by atoms with Gasteiger partial charge in [-0.2, -0.15) is 0 Å². The molecule has 116 valence electrons. The van der Waals surface area contributed by atoms with Gasteiger partial charge < -0.3 is 0 Å². The van der Waals surface area contributed by atoms with Crippen LogP contribution in [0.25, 0.3) is 6.08 Å². The second-order valence-corrected chi connectivity index (χ2v) is 8.99. The van der Waals surface area contributed by atoms with Crippen molar-refractivity contribution in [3.63, 3.8) is 0 Å². The van der Waals surface area contributed by atoms with Crippen LogP contribution in [0.15, 0.2) is 18.2 Å². The largest absolute Gasteiger partial charge is 0.0833 e. The zero-order valence-electron chi connectivity index (χ0n) is 14.1. The Hall–Kier alpha value is -1.04. The van der Waals surface area contributed by atoms with Crippen LogP contribution in [0.1, 0.15) is 80.0 Å². The van der Waals surface area contributed by atoms with Crippen molar-refractivity contribution >= 4 is 6.08 Å². The maximum Gasteiger partial charge on any atom is -0.00330 e. The Kier molecular flexibility index (Phi) is 2.74. The minimum Gasteiger partial charge on any atom is -0.0833 e. The molecule has 22 heavy (non-hydrogen) atoms. The first kappa shape index (κ1) is 13.4. The molecule has 0 heterocycles. The molecule has 4 bridgehead atoms. The maximum absolute atomic E-state index is 2.52. The van der Waals surface area contributed by atoms with Gasteiger partial charge in [-0.1, -0.05) is 31.2 Å². The molecular formula is C22H28. The lowest BCUT2D eigenvalue weighted by Crippen LogP contribution is -2.49. The summed E-state index contributed by atoms with van der Waals surface area (Å²) in [7, 11) is 0. The number of aryl methyl sites for hydroxylation is 1. The van der Waals surface area contributed by atoms with Crippen molar-refractivity contribution in [3.05, 3.63) is 40.5 Å². The van der Waals surface area contributed by atoms with Crippen LogP contribution in [-0.2, 0) is 5.41 Å². The first-order valence-electron chi connectivity index (χ1n) is 9.45. The Morgan fingerprint density at radius 2 is 1.59 bits per heavy atom. The highest BCUT2D eigenvalue weighted by atomic mass is 14.6. The van der Waals surface area contributed by atoms with E-state index in [1.807, 2.05) is 0 Å². The van der Waals surface area contributed by atoms with Crippen molar-refractivity contribution in [3.8, 4) is 0 Å². The summed E-state index contributed by atoms with van der Waals surface area (Å²) >= 11 is 0. The van der Waals surface area contributed by atoms with E-state index in [4.69, 9.17) is 0 Å². The highest BCUT2D eigenvalue weighted by Gasteiger charge is 2.52. The molecule has 0 radical (unpaired) electrons. The average molecular weight is 292 g/mol. The normalized spacial score (nSPS) is 41.7. The van der Waals surface area contributed by atoms with Gasteiger partial charge in [-0.15, -0.1) is 0 Å². The van der Waals surface area contributed by atoms with E-state index in [-0.39, 0.29) is 0 Å². The molecule has 1 unspecified atom stereocenters. The van der Waals surface area contributed by atoms with E-state index < -0.39 is 0 Å². The lowest BCUT2D eigenvalue weighted by molar-refractivity contribution is -0.00532. The maximum atomic E-state index is 2.52. The predicted octanol–water partition coefficient (Wildman–Crippen LogP) is 5.98. The van der Waals surface area contributed by atoms with E-state index >= 15 is 0 Å². The standard InChI is InChI=1S/C22H28/c1-14-4-3-5-19-20(7-6-15(2)21(14)19)22-11-16-8-17(12-22)10-18(9-16)13-22/h3,5-7,14,16-18H,4,8-13H2,1-2H3. The lowest BCUT2D eigenvalue weighted by Gasteiger charge is -2.57. The number of rotatable bonds is 1. The summed E-state index contributed by atoms with van der Waals surface area (Å²) < 4.78 is 0. The SMILES string of the molecule is Cc1ccc(C23CC4CC(CC(C4)C2)C3)c2c1C(C)CC=C2. The van der Waals surface area contributed by atoms with Crippen LogP contribution in [-0.4, -0.2) is 0 Å². The van der Waals surface area contributed by atoms with Crippen molar-refractivity contribution < 1.29 is 0 Å². The Morgan fingerprint density at radius 3 is 2.23 bits per heavy atom. The van der Waals surface area contributed by atoms with Gasteiger partial charge in [0.05, 0.1) is 0 Å². The Morgan fingerprint density at radius 1 is 0.955 bits per heavy atom. The molecule has 5 aliphatic rings. The molecule has 0 heteroatoms. The second-order valence-electron chi connectivity index (χ2n) is 8.99. The van der Waals surface area contributed by atoms with Gasteiger partial charge in [-0.3, -0.25) is 0 Å². The summed E-state index contributed by atoms with van der Waals surface area (Å²) in [5.74, 6) is 3.81. The molecule has 0 aliphatic heterocycles. The van der Waals surface area contributed by atoms with Crippen molar-refractivity contribution in [2.75, 3.05) is 0 Å². The first-order valence-corrected chi connectivity index (χ1v) is 9.45. The fourth-order valence-electron chi connectivity index (χ4n) is 6.99. The van der Waals surface area contributed by atoms with Gasteiger partial charge in [-0.05, 0) is 103 Å². The summed E-state index contributed by atoms with van der Waals surface area (Å²) in [4.78, 5) is 0. The molecule has 1 atom stereocenters. The molecule has 6 rings (SSSR count). The van der Waals surface area contributed by atoms with Crippen LogP contribution in [0.3, 0.4) is 0 Å². The Labute approximate surface area is 135 Å². The number of benzene rings is 1. The molecule has 1 aromatic rings. The van der Waals surface area contributed by atoms with E-state index in [0.29, 0.717) is 11.3 Å². The van der Waals surface area contributed by atoms with Gasteiger partial charge in [0.1, 0.15) is 0 Å². The highest BCUT2D eigenvalue weighted by Crippen LogP contribution is 2.61. The topological polar surface area (TPSA) is 0 Å². The smallest absolute Gasteiger partial charge is 0.00330 e. The van der Waals surface area contributed by atoms with Gasteiger partial charge in [-0.25, -0.2) is 0 Å². The zero-order valence-corrected chi connectivity index (χ0v) is 14.1. The molecule has 1 aromatic carbocycles. The molecule has 0 nitrogen and oxygen atoms in total. The fourth-order valence-corrected chi connectivity index (χ4v) is 6.99. The van der Waals surface area contributed by atoms with Crippen molar-refractivity contribution in [2.24, 2.45) is 17.8 Å². The van der Waals surface area contributed by atoms with Crippen molar-refractivity contribution in [1.82, 2.24) is 0 Å². The molecule has 5 aliphatic carbocycles. The summed E-state index contributed by atoms with van der Waals surface area (Å²) in [5.41, 5.74) is 7.07. The van der Waals surface area contributed by atoms with Gasteiger partial charge in [0, 0.05) is 0 Å². The molecule has 0 aromatic heterocycles. The monoisotopic (exact) mass is 292 g/mol. The number of hydrogen-bond acceptors (Lipinski definition) is 0. The van der Waals surface area contributed by atoms with Crippen LogP contribution >= 0.6 is 0 Å². The Balaban J connectivity index is 1.68. The van der Waals surface area contributed by atoms with Gasteiger partial charge in [0.15, 0.2) is 0 Å². The zero-order chi connectivity index (χ0) is 14.9. The van der Waals surface area contributed by atoms with Gasteiger partial charge in [0.25, 0.3) is 0 Å². The molecular weight excluding hydrogens is 264 g/mol.